The minimum absolute atomic E-state index is 0.194. The summed E-state index contributed by atoms with van der Waals surface area (Å²) in [5, 5.41) is 15.4. The van der Waals surface area contributed by atoms with Crippen LogP contribution in [0.5, 0.6) is 0 Å². The molecule has 0 aromatic heterocycles. The van der Waals surface area contributed by atoms with E-state index in [9.17, 15) is 0 Å². The standard InChI is InChI=1S/2C48H40B2Cl2N2P2.6CH2Cl2/c2*51-49(41-25-9-1-10-26-41)53(55(43-29-13-3-14-30-43,44-31-15-4-16-32-44)45-33-17-5-18-34-45)50(52,42-27-11-2-12-28-42)54(49)56(46-35-19-6-20-36-46,47-37-21-7-22-38-47)48-39-23-8-24-40-48;6*2-1-3/h2*1-40H;6*1H2. The molecule has 0 spiro atoms. The second-order valence-electron chi connectivity index (χ2n) is 29.0. The fourth-order valence-corrected chi connectivity index (χ4v) is 43.6. The molecule has 2 saturated heterocycles. The minimum Gasteiger partial charge on any atom is -0.539 e. The first kappa shape index (κ1) is 104. The molecule has 16 aromatic carbocycles. The molecule has 0 N–H and O–H groups in total. The lowest BCUT2D eigenvalue weighted by Crippen LogP contribution is -2.90. The lowest BCUT2D eigenvalue weighted by atomic mass is 9.41. The van der Waals surface area contributed by atoms with Gasteiger partial charge in [0.05, 0.1) is 60.3 Å². The number of benzene rings is 16. The summed E-state index contributed by atoms with van der Waals surface area (Å²) in [6, 6.07) is 174. The molecule has 2 aliphatic rings. The highest BCUT2D eigenvalue weighted by Gasteiger charge is 2.77. The van der Waals surface area contributed by atoms with E-state index in [0.29, 0.717) is 0 Å². The van der Waals surface area contributed by atoms with Crippen molar-refractivity contribution in [3.8, 4) is 0 Å². The maximum atomic E-state index is 9.07. The van der Waals surface area contributed by atoms with Crippen LogP contribution in [-0.4, -0.2) is 72.0 Å². The molecule has 2 fully saturated rings. The van der Waals surface area contributed by atoms with Crippen LogP contribution in [0, 0.1) is 0 Å². The third-order valence-corrected chi connectivity index (χ3v) is 44.4. The summed E-state index contributed by atoms with van der Waals surface area (Å²) in [4.78, 5) is 0. The van der Waals surface area contributed by atoms with Gasteiger partial charge in [-0.1, -0.05) is 340 Å². The number of hydrogen-bond donors (Lipinski definition) is 0. The second kappa shape index (κ2) is 51.3. The first-order valence-corrected chi connectivity index (χ1v) is 56.5. The van der Waals surface area contributed by atoms with E-state index in [1.165, 1.54) is 63.7 Å². The second-order valence-corrected chi connectivity index (χ2v) is 49.5. The van der Waals surface area contributed by atoms with Gasteiger partial charge < -0.3 is 16.6 Å². The summed E-state index contributed by atoms with van der Waals surface area (Å²) in [6.45, 7) is 0. The monoisotopic (exact) mass is 2100 g/mol. The largest absolute Gasteiger partial charge is 0.560 e. The van der Waals surface area contributed by atoms with E-state index in [4.69, 9.17) is 185 Å². The molecule has 0 amide bonds. The van der Waals surface area contributed by atoms with Crippen LogP contribution in [-0.2, 0) is 0 Å². The first-order valence-electron chi connectivity index (χ1n) is 41.4. The molecular formula is C102H92B4Cl16N4P4. The van der Waals surface area contributed by atoms with E-state index < -0.39 is 51.5 Å². The van der Waals surface area contributed by atoms with E-state index in [2.05, 4.69) is 502 Å². The Morgan fingerprint density at radius 3 is 0.277 bits per heavy atom. The Bertz CT molecular complexity index is 5130. The Kier molecular flexibility index (Phi) is 41.0. The number of alkyl halides is 12. The smallest absolute Gasteiger partial charge is 0.539 e. The van der Waals surface area contributed by atoms with Gasteiger partial charge in [-0.3, -0.25) is 0 Å². The molecule has 0 saturated carbocycles. The van der Waals surface area contributed by atoms with Gasteiger partial charge in [0.2, 0.25) is 0 Å². The van der Waals surface area contributed by atoms with Crippen LogP contribution in [0.1, 0.15) is 0 Å². The van der Waals surface area contributed by atoms with Gasteiger partial charge in [0.15, 0.2) is 0 Å². The molecule has 0 aliphatic carbocycles. The predicted molar refractivity (Wildman–Crippen MR) is 592 cm³/mol. The molecule has 28 heteroatoms. The van der Waals surface area contributed by atoms with E-state index in [-0.39, 0.29) is 32.0 Å². The van der Waals surface area contributed by atoms with Crippen molar-refractivity contribution in [1.29, 1.82) is 0 Å². The zero-order chi connectivity index (χ0) is 92.4. The maximum absolute atomic E-state index is 9.07. The molecule has 0 unspecified atom stereocenters. The molecule has 0 atom stereocenters. The molecule has 0 radical (unpaired) electrons. The van der Waals surface area contributed by atoms with Gasteiger partial charge >= 0.3 is 23.3 Å². The highest BCUT2D eigenvalue weighted by Crippen LogP contribution is 2.64. The summed E-state index contributed by atoms with van der Waals surface area (Å²) >= 11 is 93.4. The van der Waals surface area contributed by atoms with Crippen molar-refractivity contribution >= 4 is 322 Å². The number of halogens is 16. The lowest BCUT2D eigenvalue weighted by molar-refractivity contribution is -0.497. The minimum atomic E-state index is -2.91. The van der Waals surface area contributed by atoms with Crippen molar-refractivity contribution < 1.29 is 16.6 Å². The fraction of sp³-hybridized carbons (Fsp3) is 0.0588. The Balaban J connectivity index is 0.000000213. The van der Waals surface area contributed by atoms with Crippen molar-refractivity contribution in [2.75, 3.05) is 32.0 Å². The Morgan fingerprint density at radius 2 is 0.200 bits per heavy atom. The number of rotatable bonds is 16. The summed E-state index contributed by atoms with van der Waals surface area (Å²) < 4.78 is 10.5. The van der Waals surface area contributed by atoms with Gasteiger partial charge in [-0.05, 0) is 167 Å². The third-order valence-electron chi connectivity index (χ3n) is 22.6. The van der Waals surface area contributed by atoms with Gasteiger partial charge in [-0.15, -0.1) is 139 Å². The van der Waals surface area contributed by atoms with Crippen LogP contribution in [0.2, 0.25) is 0 Å². The van der Waals surface area contributed by atoms with Gasteiger partial charge in [-0.2, -0.15) is 0 Å². The summed E-state index contributed by atoms with van der Waals surface area (Å²) in [6.07, 6.45) is 0. The van der Waals surface area contributed by atoms with Gasteiger partial charge in [-0.25, -0.2) is 45.8 Å². The van der Waals surface area contributed by atoms with Crippen molar-refractivity contribution in [2.45, 2.75) is 0 Å². The van der Waals surface area contributed by atoms with Gasteiger partial charge in [0, 0.05) is 63.7 Å². The summed E-state index contributed by atoms with van der Waals surface area (Å²) in [5.74, 6) is -9.47. The van der Waals surface area contributed by atoms with Crippen molar-refractivity contribution in [3.63, 3.8) is 0 Å². The van der Waals surface area contributed by atoms with Crippen LogP contribution in [0.25, 0.3) is 0 Å². The van der Waals surface area contributed by atoms with Gasteiger partial charge in [0.1, 0.15) is 0 Å². The quantitative estimate of drug-likeness (QED) is 0.0519. The average Bonchev–Trinajstić information content (AvgIpc) is 0.640. The van der Waals surface area contributed by atoms with Crippen molar-refractivity contribution in [2.24, 2.45) is 0 Å². The number of nitrogens with zero attached hydrogens (tertiary/aromatic N) is 4. The Morgan fingerprint density at radius 1 is 0.131 bits per heavy atom. The van der Waals surface area contributed by atoms with Crippen LogP contribution in [0.15, 0.2) is 485 Å². The SMILES string of the molecule is ClCCl.ClCCl.ClCCl.ClCCl.ClCCl.ClCCl.Cl[B-]1(c2ccccc2)[N+](=P(c2ccccc2)(c2ccccc2)c2ccccc2)[B-](Cl)(c2ccccc2)[N+]1=P(c1ccccc1)(c1ccccc1)c1ccccc1.Cl[B-]1(c2ccccc2)[N+](=P(c2ccccc2)(c2ccccc2)c2ccccc2)[B-](Cl)(c2ccccc2)[N+]1=P(c1ccccc1)(c1ccccc1)c1ccccc1. The molecule has 664 valence electrons. The van der Waals surface area contributed by atoms with Gasteiger partial charge in [0.25, 0.3) is 0 Å². The molecule has 16 aromatic rings. The molecule has 0 bridgehead atoms. The van der Waals surface area contributed by atoms with Crippen molar-refractivity contribution in [3.05, 3.63) is 485 Å². The topological polar surface area (TPSA) is 12.0 Å². The van der Waals surface area contributed by atoms with Crippen LogP contribution in [0.4, 0.5) is 0 Å². The van der Waals surface area contributed by atoms with E-state index >= 15 is 0 Å². The fourth-order valence-electron chi connectivity index (χ4n) is 18.4. The lowest BCUT2D eigenvalue weighted by Gasteiger charge is -2.65. The molecule has 130 heavy (non-hydrogen) atoms. The average molecular weight is 2110 g/mol. The highest BCUT2D eigenvalue weighted by molar-refractivity contribution is 7.90. The van der Waals surface area contributed by atoms with Crippen LogP contribution in [0.3, 0.4) is 0 Å². The highest BCUT2D eigenvalue weighted by atomic mass is 35.6. The first-order chi connectivity index (χ1) is 63.6. The third kappa shape index (κ3) is 21.0. The molecule has 4 nitrogen and oxygen atoms in total. The Labute approximate surface area is 847 Å². The summed E-state index contributed by atoms with van der Waals surface area (Å²) in [5.41, 5.74) is 4.07. The summed E-state index contributed by atoms with van der Waals surface area (Å²) in [7, 11) is -11.6. The molecule has 18 rings (SSSR count). The van der Waals surface area contributed by atoms with Crippen LogP contribution >= 0.6 is 213 Å². The molecule has 2 heterocycles. The Hall–Kier alpha value is -6.66. The molecule has 2 aliphatic heterocycles. The normalized spacial score (nSPS) is 16.6. The van der Waals surface area contributed by atoms with Crippen LogP contribution < -0.4 is 85.5 Å². The van der Waals surface area contributed by atoms with E-state index in [0.717, 1.165) is 21.9 Å². The number of hydrogen-bond acceptors (Lipinski definition) is 0. The van der Waals surface area contributed by atoms with E-state index in [1.54, 1.807) is 0 Å². The zero-order valence-electron chi connectivity index (χ0n) is 70.4. The molecular weight excluding hydrogens is 2020 g/mol. The van der Waals surface area contributed by atoms with E-state index in [1.807, 2.05) is 0 Å². The predicted octanol–water partition coefficient (Wildman–Crippen LogP) is 25.6. The van der Waals surface area contributed by atoms with Crippen molar-refractivity contribution in [1.82, 2.24) is 0 Å². The maximum Gasteiger partial charge on any atom is 0.560 e. The zero-order valence-corrected chi connectivity index (χ0v) is 86.0.